The van der Waals surface area contributed by atoms with E-state index in [2.05, 4.69) is 36.4 Å². The van der Waals surface area contributed by atoms with Crippen LogP contribution >= 0.6 is 0 Å². The maximum Gasteiger partial charge on any atom is 0.257 e. The van der Waals surface area contributed by atoms with E-state index in [4.69, 9.17) is 0 Å². The number of carbonyl (C=O) groups excluding carboxylic acids is 1. The fraction of sp³-hybridized carbons (Fsp3) is 0.294. The van der Waals surface area contributed by atoms with E-state index < -0.39 is 0 Å². The first-order valence-corrected chi connectivity index (χ1v) is 6.96. The molecule has 0 aliphatic carbocycles. The Labute approximate surface area is 125 Å². The summed E-state index contributed by atoms with van der Waals surface area (Å²) in [5, 5.41) is 5.80. The molecule has 2 rings (SSSR count). The molecular weight excluding hydrogens is 262 g/mol. The Hall–Kier alpha value is -2.36. The first kappa shape index (κ1) is 15.0. The van der Waals surface area contributed by atoms with Crippen LogP contribution in [0.3, 0.4) is 0 Å². The number of aromatic nitrogens is 1. The van der Waals surface area contributed by atoms with Crippen LogP contribution in [-0.4, -0.2) is 17.9 Å². The summed E-state index contributed by atoms with van der Waals surface area (Å²) >= 11 is 0. The van der Waals surface area contributed by atoms with Gasteiger partial charge in [-0.15, -0.1) is 0 Å². The van der Waals surface area contributed by atoms with Gasteiger partial charge in [0, 0.05) is 18.9 Å². The SMILES string of the molecule is CNc1ccc(C(=O)Nc2ccc(C(C)(C)C)cc2)cn1. The van der Waals surface area contributed by atoms with Gasteiger partial charge in [0.2, 0.25) is 0 Å². The van der Waals surface area contributed by atoms with E-state index in [0.29, 0.717) is 5.56 Å². The number of hydrogen-bond donors (Lipinski definition) is 2. The van der Waals surface area contributed by atoms with Crippen LogP contribution in [0.15, 0.2) is 42.6 Å². The highest BCUT2D eigenvalue weighted by Crippen LogP contribution is 2.23. The van der Waals surface area contributed by atoms with Crippen LogP contribution in [0.1, 0.15) is 36.7 Å². The van der Waals surface area contributed by atoms with Crippen molar-refractivity contribution in [1.82, 2.24) is 4.98 Å². The lowest BCUT2D eigenvalue weighted by molar-refractivity contribution is 0.102. The zero-order valence-electron chi connectivity index (χ0n) is 12.9. The second-order valence-electron chi connectivity index (χ2n) is 5.96. The molecule has 4 heteroatoms. The third-order valence-electron chi connectivity index (χ3n) is 3.29. The van der Waals surface area contributed by atoms with Crippen molar-refractivity contribution in [3.05, 3.63) is 53.7 Å². The Morgan fingerprint density at radius 3 is 2.19 bits per heavy atom. The van der Waals surface area contributed by atoms with Gasteiger partial charge < -0.3 is 10.6 Å². The molecule has 2 N–H and O–H groups in total. The van der Waals surface area contributed by atoms with Crippen LogP contribution in [0, 0.1) is 0 Å². The standard InChI is InChI=1S/C17H21N3O/c1-17(2,3)13-6-8-14(9-7-13)20-16(21)12-5-10-15(18-4)19-11-12/h5-11H,1-4H3,(H,18,19)(H,20,21). The van der Waals surface area contributed by atoms with Crippen LogP contribution in [0.25, 0.3) is 0 Å². The minimum Gasteiger partial charge on any atom is -0.373 e. The third-order valence-corrected chi connectivity index (χ3v) is 3.29. The van der Waals surface area contributed by atoms with Gasteiger partial charge in [-0.05, 0) is 35.2 Å². The maximum absolute atomic E-state index is 12.1. The molecule has 0 saturated carbocycles. The summed E-state index contributed by atoms with van der Waals surface area (Å²) in [6.45, 7) is 6.49. The molecule has 0 aliphatic rings. The normalized spacial score (nSPS) is 11.0. The van der Waals surface area contributed by atoms with Gasteiger partial charge in [0.25, 0.3) is 5.91 Å². The monoisotopic (exact) mass is 283 g/mol. The molecule has 4 nitrogen and oxygen atoms in total. The van der Waals surface area contributed by atoms with Gasteiger partial charge in [-0.1, -0.05) is 32.9 Å². The lowest BCUT2D eigenvalue weighted by Crippen LogP contribution is -2.14. The summed E-state index contributed by atoms with van der Waals surface area (Å²) in [7, 11) is 1.79. The molecular formula is C17H21N3O. The molecule has 0 radical (unpaired) electrons. The number of pyridine rings is 1. The largest absolute Gasteiger partial charge is 0.373 e. The number of benzene rings is 1. The van der Waals surface area contributed by atoms with Crippen molar-refractivity contribution < 1.29 is 4.79 Å². The molecule has 1 heterocycles. The van der Waals surface area contributed by atoms with E-state index in [1.807, 2.05) is 24.3 Å². The minimum absolute atomic E-state index is 0.107. The van der Waals surface area contributed by atoms with Crippen molar-refractivity contribution in [3.63, 3.8) is 0 Å². The molecule has 0 spiro atoms. The Kier molecular flexibility index (Phi) is 4.26. The number of nitrogens with zero attached hydrogens (tertiary/aromatic N) is 1. The molecule has 0 unspecified atom stereocenters. The number of anilines is 2. The van der Waals surface area contributed by atoms with Gasteiger partial charge >= 0.3 is 0 Å². The molecule has 1 aromatic heterocycles. The molecule has 21 heavy (non-hydrogen) atoms. The quantitative estimate of drug-likeness (QED) is 0.903. The highest BCUT2D eigenvalue weighted by atomic mass is 16.1. The minimum atomic E-state index is -0.159. The fourth-order valence-electron chi connectivity index (χ4n) is 1.93. The van der Waals surface area contributed by atoms with Gasteiger partial charge in [0.05, 0.1) is 5.56 Å². The van der Waals surface area contributed by atoms with Crippen molar-refractivity contribution in [3.8, 4) is 0 Å². The van der Waals surface area contributed by atoms with Crippen molar-refractivity contribution >= 4 is 17.4 Å². The molecule has 0 bridgehead atoms. The fourth-order valence-corrected chi connectivity index (χ4v) is 1.93. The zero-order valence-corrected chi connectivity index (χ0v) is 12.9. The van der Waals surface area contributed by atoms with Gasteiger partial charge in [-0.25, -0.2) is 4.98 Å². The van der Waals surface area contributed by atoms with Gasteiger partial charge in [-0.3, -0.25) is 4.79 Å². The van der Waals surface area contributed by atoms with E-state index in [9.17, 15) is 4.79 Å². The Balaban J connectivity index is 2.08. The smallest absolute Gasteiger partial charge is 0.257 e. The second-order valence-corrected chi connectivity index (χ2v) is 5.96. The average Bonchev–Trinajstić information content (AvgIpc) is 2.47. The van der Waals surface area contributed by atoms with Crippen LogP contribution in [0.5, 0.6) is 0 Å². The summed E-state index contributed by atoms with van der Waals surface area (Å²) in [5.74, 6) is 0.578. The lowest BCUT2D eigenvalue weighted by atomic mass is 9.87. The van der Waals surface area contributed by atoms with Crippen LogP contribution in [-0.2, 0) is 5.41 Å². The molecule has 0 fully saturated rings. The van der Waals surface area contributed by atoms with Crippen LogP contribution in [0.2, 0.25) is 0 Å². The summed E-state index contributed by atoms with van der Waals surface area (Å²) in [6.07, 6.45) is 1.56. The second kappa shape index (κ2) is 5.95. The van der Waals surface area contributed by atoms with Crippen molar-refractivity contribution in [2.75, 3.05) is 17.7 Å². The summed E-state index contributed by atoms with van der Waals surface area (Å²) in [4.78, 5) is 16.3. The van der Waals surface area contributed by atoms with Crippen LogP contribution in [0.4, 0.5) is 11.5 Å². The van der Waals surface area contributed by atoms with Gasteiger partial charge in [0.15, 0.2) is 0 Å². The molecule has 110 valence electrons. The van der Waals surface area contributed by atoms with E-state index >= 15 is 0 Å². The Bertz CT molecular complexity index is 610. The average molecular weight is 283 g/mol. The van der Waals surface area contributed by atoms with Crippen molar-refractivity contribution in [1.29, 1.82) is 0 Å². The highest BCUT2D eigenvalue weighted by Gasteiger charge is 2.13. The molecule has 0 aliphatic heterocycles. The zero-order chi connectivity index (χ0) is 15.5. The van der Waals surface area contributed by atoms with E-state index in [1.165, 1.54) is 5.56 Å². The van der Waals surface area contributed by atoms with Crippen molar-refractivity contribution in [2.45, 2.75) is 26.2 Å². The first-order chi connectivity index (χ1) is 9.90. The Morgan fingerprint density at radius 1 is 1.05 bits per heavy atom. The number of amides is 1. The molecule has 1 amide bonds. The number of rotatable bonds is 3. The number of hydrogen-bond acceptors (Lipinski definition) is 3. The highest BCUT2D eigenvalue weighted by molar-refractivity contribution is 6.04. The Morgan fingerprint density at radius 2 is 1.71 bits per heavy atom. The van der Waals surface area contributed by atoms with Gasteiger partial charge in [0.1, 0.15) is 5.82 Å². The van der Waals surface area contributed by atoms with E-state index in [-0.39, 0.29) is 11.3 Å². The summed E-state index contributed by atoms with van der Waals surface area (Å²) in [6, 6.07) is 11.5. The lowest BCUT2D eigenvalue weighted by Gasteiger charge is -2.19. The molecule has 0 saturated heterocycles. The molecule has 0 atom stereocenters. The summed E-state index contributed by atoms with van der Waals surface area (Å²) < 4.78 is 0. The van der Waals surface area contributed by atoms with Gasteiger partial charge in [-0.2, -0.15) is 0 Å². The molecule has 2 aromatic rings. The number of carbonyl (C=O) groups is 1. The maximum atomic E-state index is 12.1. The van der Waals surface area contributed by atoms with Crippen LogP contribution < -0.4 is 10.6 Å². The molecule has 1 aromatic carbocycles. The predicted octanol–water partition coefficient (Wildman–Crippen LogP) is 3.67. The summed E-state index contributed by atoms with van der Waals surface area (Å²) in [5.41, 5.74) is 2.66. The van der Waals surface area contributed by atoms with E-state index in [0.717, 1.165) is 11.5 Å². The van der Waals surface area contributed by atoms with E-state index in [1.54, 1.807) is 25.4 Å². The predicted molar refractivity (Wildman–Crippen MR) is 86.9 cm³/mol. The first-order valence-electron chi connectivity index (χ1n) is 6.96. The van der Waals surface area contributed by atoms with Crippen molar-refractivity contribution in [2.24, 2.45) is 0 Å². The topological polar surface area (TPSA) is 54.0 Å². The third kappa shape index (κ3) is 3.81. The number of nitrogens with one attached hydrogen (secondary N) is 2.